The molecule has 1 N–H and O–H groups in total. The molecule has 2 rings (SSSR count). The SMILES string of the molecule is CC[C@H](C(=O)NC(C)(C)C)N(Cc1ccc(Cl)cc1Cl)C(=O)COc1ccc(Cl)cc1Cl. The Bertz CT molecular complexity index is 976. The van der Waals surface area contributed by atoms with Crippen LogP contribution in [0.2, 0.25) is 20.1 Å². The summed E-state index contributed by atoms with van der Waals surface area (Å²) in [6, 6.07) is 9.02. The first kappa shape index (κ1) is 26.6. The zero-order chi connectivity index (χ0) is 24.1. The predicted molar refractivity (Wildman–Crippen MR) is 131 cm³/mol. The maximum atomic E-state index is 13.2. The van der Waals surface area contributed by atoms with E-state index in [0.717, 1.165) is 0 Å². The average molecular weight is 520 g/mol. The van der Waals surface area contributed by atoms with Crippen LogP contribution in [0.1, 0.15) is 39.7 Å². The molecule has 0 unspecified atom stereocenters. The van der Waals surface area contributed by atoms with Gasteiger partial charge in [-0.1, -0.05) is 59.4 Å². The molecular weight excluding hydrogens is 494 g/mol. The molecule has 0 aliphatic heterocycles. The van der Waals surface area contributed by atoms with Crippen LogP contribution in [0.3, 0.4) is 0 Å². The lowest BCUT2D eigenvalue weighted by Crippen LogP contribution is -2.54. The third-order valence-corrected chi connectivity index (χ3v) is 5.60. The summed E-state index contributed by atoms with van der Waals surface area (Å²) >= 11 is 24.4. The van der Waals surface area contributed by atoms with E-state index in [9.17, 15) is 9.59 Å². The van der Waals surface area contributed by atoms with Crippen LogP contribution in [0.4, 0.5) is 0 Å². The molecule has 9 heteroatoms. The molecule has 1 atom stereocenters. The predicted octanol–water partition coefficient (Wildman–Crippen LogP) is 6.40. The van der Waals surface area contributed by atoms with E-state index in [4.69, 9.17) is 51.1 Å². The standard InChI is InChI=1S/C23H26Cl4N2O3/c1-5-19(22(31)28-23(2,3)4)29(12-14-6-7-15(24)10-17(14)26)21(30)13-32-20-9-8-16(25)11-18(20)27/h6-11,19H,5,12-13H2,1-4H3,(H,28,31)/t19-/m1/s1. The number of ether oxygens (including phenoxy) is 1. The molecule has 174 valence electrons. The van der Waals surface area contributed by atoms with Crippen LogP contribution in [0, 0.1) is 0 Å². The van der Waals surface area contributed by atoms with Crippen LogP contribution in [0.25, 0.3) is 0 Å². The zero-order valence-electron chi connectivity index (χ0n) is 18.3. The number of halogens is 4. The highest BCUT2D eigenvalue weighted by Gasteiger charge is 2.31. The van der Waals surface area contributed by atoms with Gasteiger partial charge in [0.2, 0.25) is 5.91 Å². The largest absolute Gasteiger partial charge is 0.482 e. The fourth-order valence-corrected chi connectivity index (χ4v) is 3.95. The molecule has 0 spiro atoms. The fraction of sp³-hybridized carbons (Fsp3) is 0.391. The van der Waals surface area contributed by atoms with Gasteiger partial charge in [0.05, 0.1) is 5.02 Å². The van der Waals surface area contributed by atoms with Crippen molar-refractivity contribution >= 4 is 58.2 Å². The summed E-state index contributed by atoms with van der Waals surface area (Å²) in [5.74, 6) is -0.331. The molecule has 0 fully saturated rings. The molecule has 0 saturated carbocycles. The Labute approximate surface area is 208 Å². The summed E-state index contributed by atoms with van der Waals surface area (Å²) in [6.45, 7) is 7.28. The van der Waals surface area contributed by atoms with Crippen molar-refractivity contribution in [2.24, 2.45) is 0 Å². The molecule has 0 saturated heterocycles. The number of hydrogen-bond donors (Lipinski definition) is 1. The molecule has 32 heavy (non-hydrogen) atoms. The Morgan fingerprint density at radius 2 is 1.59 bits per heavy atom. The van der Waals surface area contributed by atoms with Crippen LogP contribution in [0.5, 0.6) is 5.75 Å². The van der Waals surface area contributed by atoms with Crippen molar-refractivity contribution in [3.8, 4) is 5.75 Å². The maximum Gasteiger partial charge on any atom is 0.261 e. The van der Waals surface area contributed by atoms with E-state index in [1.807, 2.05) is 27.7 Å². The molecule has 2 aromatic carbocycles. The number of nitrogens with one attached hydrogen (secondary N) is 1. The van der Waals surface area contributed by atoms with Crippen molar-refractivity contribution in [2.75, 3.05) is 6.61 Å². The molecule has 0 radical (unpaired) electrons. The average Bonchev–Trinajstić information content (AvgIpc) is 2.67. The van der Waals surface area contributed by atoms with Gasteiger partial charge in [-0.05, 0) is 63.1 Å². The molecule has 5 nitrogen and oxygen atoms in total. The second-order valence-electron chi connectivity index (χ2n) is 8.28. The van der Waals surface area contributed by atoms with E-state index >= 15 is 0 Å². The van der Waals surface area contributed by atoms with E-state index in [2.05, 4.69) is 5.32 Å². The Kier molecular flexibility index (Phi) is 9.53. The second kappa shape index (κ2) is 11.5. The van der Waals surface area contributed by atoms with Crippen LogP contribution in [-0.4, -0.2) is 34.9 Å². The topological polar surface area (TPSA) is 58.6 Å². The minimum atomic E-state index is -0.724. The fourth-order valence-electron chi connectivity index (χ4n) is 3.02. The van der Waals surface area contributed by atoms with E-state index in [0.29, 0.717) is 32.8 Å². The Hall–Kier alpha value is -1.66. The molecule has 0 heterocycles. The summed E-state index contributed by atoms with van der Waals surface area (Å²) < 4.78 is 5.63. The summed E-state index contributed by atoms with van der Waals surface area (Å²) in [6.07, 6.45) is 0.403. The lowest BCUT2D eigenvalue weighted by molar-refractivity contribution is -0.143. The highest BCUT2D eigenvalue weighted by Crippen LogP contribution is 2.28. The number of hydrogen-bond acceptors (Lipinski definition) is 3. The number of benzene rings is 2. The molecule has 0 aliphatic rings. The van der Waals surface area contributed by atoms with Gasteiger partial charge in [0.1, 0.15) is 11.8 Å². The highest BCUT2D eigenvalue weighted by atomic mass is 35.5. The Morgan fingerprint density at radius 3 is 2.12 bits per heavy atom. The third kappa shape index (κ3) is 7.73. The highest BCUT2D eigenvalue weighted by molar-refractivity contribution is 6.35. The van der Waals surface area contributed by atoms with Crippen molar-refractivity contribution in [2.45, 2.75) is 52.2 Å². The minimum absolute atomic E-state index is 0.114. The van der Waals surface area contributed by atoms with Crippen LogP contribution in [0.15, 0.2) is 36.4 Å². The number of amides is 2. The summed E-state index contributed by atoms with van der Waals surface area (Å²) in [5, 5.41) is 4.57. The van der Waals surface area contributed by atoms with Gasteiger partial charge in [0.25, 0.3) is 5.91 Å². The molecule has 0 aliphatic carbocycles. The van der Waals surface area contributed by atoms with Gasteiger partial charge in [-0.15, -0.1) is 0 Å². The number of nitrogens with zero attached hydrogens (tertiary/aromatic N) is 1. The van der Waals surface area contributed by atoms with E-state index in [1.165, 1.54) is 11.0 Å². The Balaban J connectivity index is 2.30. The summed E-state index contributed by atoms with van der Waals surface area (Å²) in [5.41, 5.74) is 0.209. The monoisotopic (exact) mass is 518 g/mol. The van der Waals surface area contributed by atoms with E-state index < -0.39 is 17.5 Å². The van der Waals surface area contributed by atoms with Gasteiger partial charge >= 0.3 is 0 Å². The van der Waals surface area contributed by atoms with Crippen molar-refractivity contribution in [3.05, 3.63) is 62.1 Å². The smallest absolute Gasteiger partial charge is 0.261 e. The first-order valence-corrected chi connectivity index (χ1v) is 11.6. The Morgan fingerprint density at radius 1 is 1.00 bits per heavy atom. The maximum absolute atomic E-state index is 13.2. The zero-order valence-corrected chi connectivity index (χ0v) is 21.4. The van der Waals surface area contributed by atoms with Crippen molar-refractivity contribution in [1.82, 2.24) is 10.2 Å². The van der Waals surface area contributed by atoms with Gasteiger partial charge in [0.15, 0.2) is 6.61 Å². The van der Waals surface area contributed by atoms with Crippen molar-refractivity contribution in [1.29, 1.82) is 0 Å². The molecule has 0 bridgehead atoms. The number of rotatable bonds is 8. The molecule has 0 aromatic heterocycles. The summed E-state index contributed by atoms with van der Waals surface area (Å²) in [7, 11) is 0. The van der Waals surface area contributed by atoms with Gasteiger partial charge in [-0.25, -0.2) is 0 Å². The molecular formula is C23H26Cl4N2O3. The van der Waals surface area contributed by atoms with Gasteiger partial charge < -0.3 is 15.0 Å². The number of carbonyl (C=O) groups excluding carboxylic acids is 2. The van der Waals surface area contributed by atoms with Crippen molar-refractivity contribution in [3.63, 3.8) is 0 Å². The van der Waals surface area contributed by atoms with Crippen LogP contribution in [-0.2, 0) is 16.1 Å². The quantitative estimate of drug-likeness (QED) is 0.438. The van der Waals surface area contributed by atoms with E-state index in [-0.39, 0.29) is 24.1 Å². The van der Waals surface area contributed by atoms with Gasteiger partial charge in [-0.2, -0.15) is 0 Å². The lowest BCUT2D eigenvalue weighted by atomic mass is 10.1. The first-order valence-electron chi connectivity index (χ1n) is 10.0. The lowest BCUT2D eigenvalue weighted by Gasteiger charge is -2.33. The first-order chi connectivity index (χ1) is 14.9. The van der Waals surface area contributed by atoms with Gasteiger partial charge in [-0.3, -0.25) is 9.59 Å². The minimum Gasteiger partial charge on any atom is -0.482 e. The van der Waals surface area contributed by atoms with Crippen molar-refractivity contribution < 1.29 is 14.3 Å². The number of carbonyl (C=O) groups is 2. The van der Waals surface area contributed by atoms with Crippen LogP contribution < -0.4 is 10.1 Å². The molecule has 2 aromatic rings. The third-order valence-electron chi connectivity index (χ3n) is 4.48. The molecule has 2 amide bonds. The van der Waals surface area contributed by atoms with Crippen LogP contribution >= 0.6 is 46.4 Å². The van der Waals surface area contributed by atoms with E-state index in [1.54, 1.807) is 30.3 Å². The summed E-state index contributed by atoms with van der Waals surface area (Å²) in [4.78, 5) is 27.7. The second-order valence-corrected chi connectivity index (χ2v) is 9.97. The normalized spacial score (nSPS) is 12.2. The van der Waals surface area contributed by atoms with Gasteiger partial charge in [0, 0.05) is 27.2 Å².